The van der Waals surface area contributed by atoms with Crippen molar-refractivity contribution in [2.24, 2.45) is 0 Å². The Labute approximate surface area is 107 Å². The van der Waals surface area contributed by atoms with Gasteiger partial charge in [0.1, 0.15) is 12.0 Å². The normalized spacial score (nSPS) is 10.0. The number of unbranched alkanes of at least 4 members (excludes halogenated alkanes) is 1. The lowest BCUT2D eigenvalue weighted by atomic mass is 10.1. The average molecular weight is 250 g/mol. The van der Waals surface area contributed by atoms with Crippen LogP contribution in [-0.4, -0.2) is 24.0 Å². The van der Waals surface area contributed by atoms with E-state index < -0.39 is 5.97 Å². The van der Waals surface area contributed by atoms with E-state index in [2.05, 4.69) is 0 Å². The fourth-order valence-corrected chi connectivity index (χ4v) is 1.55. The molecule has 4 heteroatoms. The molecule has 0 atom stereocenters. The van der Waals surface area contributed by atoms with E-state index in [9.17, 15) is 9.59 Å². The summed E-state index contributed by atoms with van der Waals surface area (Å²) in [5, 5.41) is 8.53. The van der Waals surface area contributed by atoms with Crippen LogP contribution in [0.4, 0.5) is 0 Å². The molecule has 0 heterocycles. The molecule has 98 valence electrons. The number of ether oxygens (including phenoxy) is 1. The summed E-state index contributed by atoms with van der Waals surface area (Å²) in [5.74, 6) is 0.0213. The summed E-state index contributed by atoms with van der Waals surface area (Å²) in [6.45, 7) is 0.539. The van der Waals surface area contributed by atoms with E-state index in [-0.39, 0.29) is 6.42 Å². The Bertz CT molecular complexity index is 370. The van der Waals surface area contributed by atoms with E-state index in [1.54, 1.807) is 0 Å². The minimum absolute atomic E-state index is 0.198. The maximum Gasteiger partial charge on any atom is 0.303 e. The van der Waals surface area contributed by atoms with E-state index in [4.69, 9.17) is 9.84 Å². The lowest BCUT2D eigenvalue weighted by Gasteiger charge is -2.06. The summed E-state index contributed by atoms with van der Waals surface area (Å²) in [7, 11) is 0. The number of carbonyl (C=O) groups excluding carboxylic acids is 1. The lowest BCUT2D eigenvalue weighted by Crippen LogP contribution is -1.98. The standard InChI is InChI=1S/C14H18O4/c15-10-1-2-11-18-13-8-6-12(7-9-13)4-3-5-14(16)17/h6-10H,1-5,11H2,(H,16,17). The SMILES string of the molecule is O=CCCCOc1ccc(CCCC(=O)O)cc1. The highest BCUT2D eigenvalue weighted by molar-refractivity contribution is 5.66. The van der Waals surface area contributed by atoms with Crippen LogP contribution in [-0.2, 0) is 16.0 Å². The van der Waals surface area contributed by atoms with Gasteiger partial charge in [-0.3, -0.25) is 4.79 Å². The van der Waals surface area contributed by atoms with E-state index in [1.165, 1.54) is 0 Å². The highest BCUT2D eigenvalue weighted by atomic mass is 16.5. The van der Waals surface area contributed by atoms with Gasteiger partial charge in [0.15, 0.2) is 0 Å². The maximum absolute atomic E-state index is 10.4. The van der Waals surface area contributed by atoms with E-state index in [0.717, 1.165) is 30.4 Å². The zero-order chi connectivity index (χ0) is 13.2. The number of carboxylic acids is 1. The van der Waals surface area contributed by atoms with Crippen LogP contribution in [0.1, 0.15) is 31.2 Å². The van der Waals surface area contributed by atoms with Gasteiger partial charge in [-0.2, -0.15) is 0 Å². The van der Waals surface area contributed by atoms with Crippen molar-refractivity contribution in [3.63, 3.8) is 0 Å². The molecule has 0 bridgehead atoms. The van der Waals surface area contributed by atoms with Gasteiger partial charge in [0, 0.05) is 12.8 Å². The molecular formula is C14H18O4. The number of carbonyl (C=O) groups is 2. The highest BCUT2D eigenvalue weighted by Crippen LogP contribution is 2.14. The first-order valence-electron chi connectivity index (χ1n) is 6.09. The van der Waals surface area contributed by atoms with Crippen LogP contribution in [0.25, 0.3) is 0 Å². The van der Waals surface area contributed by atoms with Gasteiger partial charge in [-0.15, -0.1) is 0 Å². The van der Waals surface area contributed by atoms with E-state index in [1.807, 2.05) is 24.3 Å². The second-order valence-corrected chi connectivity index (χ2v) is 4.05. The van der Waals surface area contributed by atoms with Crippen LogP contribution in [0.3, 0.4) is 0 Å². The molecular weight excluding hydrogens is 232 g/mol. The molecule has 0 aliphatic rings. The third kappa shape index (κ3) is 6.03. The Kier molecular flexibility index (Phi) is 6.54. The molecule has 0 radical (unpaired) electrons. The largest absolute Gasteiger partial charge is 0.494 e. The van der Waals surface area contributed by atoms with Gasteiger partial charge in [-0.05, 0) is 37.0 Å². The Morgan fingerprint density at radius 3 is 2.56 bits per heavy atom. The second kappa shape index (κ2) is 8.28. The average Bonchev–Trinajstić information content (AvgIpc) is 2.36. The third-order valence-corrected chi connectivity index (χ3v) is 2.51. The summed E-state index contributed by atoms with van der Waals surface area (Å²) in [6.07, 6.45) is 3.74. The van der Waals surface area contributed by atoms with Crippen molar-refractivity contribution in [1.29, 1.82) is 0 Å². The van der Waals surface area contributed by atoms with Gasteiger partial charge in [-0.1, -0.05) is 12.1 Å². The van der Waals surface area contributed by atoms with Crippen LogP contribution in [0.15, 0.2) is 24.3 Å². The molecule has 4 nitrogen and oxygen atoms in total. The van der Waals surface area contributed by atoms with E-state index in [0.29, 0.717) is 19.4 Å². The number of rotatable bonds is 9. The second-order valence-electron chi connectivity index (χ2n) is 4.05. The number of hydrogen-bond donors (Lipinski definition) is 1. The topological polar surface area (TPSA) is 63.6 Å². The maximum atomic E-state index is 10.4. The van der Waals surface area contributed by atoms with Gasteiger partial charge in [0.05, 0.1) is 6.61 Å². The van der Waals surface area contributed by atoms with Crippen molar-refractivity contribution in [3.8, 4) is 5.75 Å². The lowest BCUT2D eigenvalue weighted by molar-refractivity contribution is -0.137. The molecule has 1 aromatic carbocycles. The first-order valence-corrected chi connectivity index (χ1v) is 6.09. The molecule has 18 heavy (non-hydrogen) atoms. The molecule has 0 aromatic heterocycles. The quantitative estimate of drug-likeness (QED) is 0.540. The summed E-state index contributed by atoms with van der Waals surface area (Å²) in [4.78, 5) is 20.5. The molecule has 0 aliphatic heterocycles. The van der Waals surface area contributed by atoms with Crippen molar-refractivity contribution in [2.75, 3.05) is 6.61 Å². The van der Waals surface area contributed by atoms with Gasteiger partial charge in [0.2, 0.25) is 0 Å². The Hall–Kier alpha value is -1.84. The number of aryl methyl sites for hydroxylation is 1. The Morgan fingerprint density at radius 1 is 1.22 bits per heavy atom. The van der Waals surface area contributed by atoms with Gasteiger partial charge in [0.25, 0.3) is 0 Å². The number of hydrogen-bond acceptors (Lipinski definition) is 3. The zero-order valence-electron chi connectivity index (χ0n) is 10.3. The minimum Gasteiger partial charge on any atom is -0.494 e. The van der Waals surface area contributed by atoms with Crippen molar-refractivity contribution in [1.82, 2.24) is 0 Å². The summed E-state index contributed by atoms with van der Waals surface area (Å²) >= 11 is 0. The van der Waals surface area contributed by atoms with Crippen molar-refractivity contribution < 1.29 is 19.4 Å². The molecule has 0 fully saturated rings. The predicted molar refractivity (Wildman–Crippen MR) is 67.8 cm³/mol. The molecule has 1 rings (SSSR count). The molecule has 0 unspecified atom stereocenters. The van der Waals surface area contributed by atoms with Crippen LogP contribution >= 0.6 is 0 Å². The summed E-state index contributed by atoms with van der Waals surface area (Å²) in [6, 6.07) is 7.63. The van der Waals surface area contributed by atoms with Gasteiger partial charge < -0.3 is 14.6 Å². The number of carboxylic acid groups (broad SMARTS) is 1. The summed E-state index contributed by atoms with van der Waals surface area (Å²) < 4.78 is 5.45. The Morgan fingerprint density at radius 2 is 1.94 bits per heavy atom. The fourth-order valence-electron chi connectivity index (χ4n) is 1.55. The molecule has 1 aromatic rings. The first-order chi connectivity index (χ1) is 8.72. The van der Waals surface area contributed by atoms with Crippen molar-refractivity contribution in [3.05, 3.63) is 29.8 Å². The highest BCUT2D eigenvalue weighted by Gasteiger charge is 1.99. The van der Waals surface area contributed by atoms with Gasteiger partial charge >= 0.3 is 5.97 Å². The monoisotopic (exact) mass is 250 g/mol. The number of benzene rings is 1. The van der Waals surface area contributed by atoms with Crippen LogP contribution in [0.5, 0.6) is 5.75 Å². The van der Waals surface area contributed by atoms with Crippen molar-refractivity contribution in [2.45, 2.75) is 32.1 Å². The number of aldehydes is 1. The first kappa shape index (κ1) is 14.2. The number of aliphatic carboxylic acids is 1. The van der Waals surface area contributed by atoms with Crippen LogP contribution in [0, 0.1) is 0 Å². The Balaban J connectivity index is 2.28. The zero-order valence-corrected chi connectivity index (χ0v) is 10.3. The molecule has 0 saturated carbocycles. The summed E-state index contributed by atoms with van der Waals surface area (Å²) in [5.41, 5.74) is 1.11. The third-order valence-electron chi connectivity index (χ3n) is 2.51. The smallest absolute Gasteiger partial charge is 0.303 e. The molecule has 1 N–H and O–H groups in total. The fraction of sp³-hybridized carbons (Fsp3) is 0.429. The molecule has 0 aliphatic carbocycles. The van der Waals surface area contributed by atoms with Gasteiger partial charge in [-0.25, -0.2) is 0 Å². The molecule has 0 saturated heterocycles. The predicted octanol–water partition coefficient (Wildman–Crippen LogP) is 2.45. The van der Waals surface area contributed by atoms with Crippen LogP contribution in [0.2, 0.25) is 0 Å². The molecule has 0 spiro atoms. The van der Waals surface area contributed by atoms with E-state index >= 15 is 0 Å². The molecule has 0 amide bonds. The van der Waals surface area contributed by atoms with Crippen molar-refractivity contribution >= 4 is 12.3 Å². The van der Waals surface area contributed by atoms with Crippen LogP contribution < -0.4 is 4.74 Å². The minimum atomic E-state index is -0.759.